The molecule has 2 heteroatoms. The van der Waals surface area contributed by atoms with Crippen LogP contribution in [0.25, 0.3) is 11.1 Å². The van der Waals surface area contributed by atoms with E-state index in [0.717, 1.165) is 16.9 Å². The lowest BCUT2D eigenvalue weighted by Gasteiger charge is -2.04. The van der Waals surface area contributed by atoms with E-state index in [-0.39, 0.29) is 0 Å². The van der Waals surface area contributed by atoms with Crippen LogP contribution in [0, 0.1) is 0 Å². The minimum atomic E-state index is 0.865. The summed E-state index contributed by atoms with van der Waals surface area (Å²) in [6, 6.07) is 9.77. The van der Waals surface area contributed by atoms with Crippen molar-refractivity contribution in [2.75, 3.05) is 7.11 Å². The summed E-state index contributed by atoms with van der Waals surface area (Å²) in [6.07, 6.45) is 3.36. The third-order valence-electron chi connectivity index (χ3n) is 1.94. The summed E-state index contributed by atoms with van der Waals surface area (Å²) in [5, 5.41) is 0. The zero-order valence-electron chi connectivity index (χ0n) is 7.36. The van der Waals surface area contributed by atoms with Gasteiger partial charge in [0.15, 0.2) is 0 Å². The quantitative estimate of drug-likeness (QED) is 0.698. The molecule has 66 valence electrons. The Morgan fingerprint density at radius 3 is 2.69 bits per heavy atom. The summed E-state index contributed by atoms with van der Waals surface area (Å²) in [4.78, 5) is 0. The van der Waals surface area contributed by atoms with E-state index in [2.05, 4.69) is 0 Å². The van der Waals surface area contributed by atoms with Gasteiger partial charge in [0.25, 0.3) is 0 Å². The van der Waals surface area contributed by atoms with Gasteiger partial charge in [0, 0.05) is 11.1 Å². The van der Waals surface area contributed by atoms with E-state index in [1.54, 1.807) is 19.6 Å². The second-order valence-corrected chi connectivity index (χ2v) is 2.71. The first kappa shape index (κ1) is 7.92. The Labute approximate surface area is 76.8 Å². The van der Waals surface area contributed by atoms with Crippen molar-refractivity contribution in [1.29, 1.82) is 0 Å². The maximum absolute atomic E-state index is 5.23. The van der Waals surface area contributed by atoms with Crippen molar-refractivity contribution in [2.24, 2.45) is 0 Å². The molecule has 2 nitrogen and oxygen atoms in total. The molecule has 0 N–H and O–H groups in total. The molecular formula is C11H10O2. The highest BCUT2D eigenvalue weighted by Crippen LogP contribution is 2.29. The van der Waals surface area contributed by atoms with E-state index >= 15 is 0 Å². The minimum absolute atomic E-state index is 0.865. The number of hydrogen-bond donors (Lipinski definition) is 0. The molecule has 0 aliphatic rings. The van der Waals surface area contributed by atoms with Crippen LogP contribution in [0.15, 0.2) is 47.3 Å². The van der Waals surface area contributed by atoms with Crippen LogP contribution in [-0.2, 0) is 0 Å². The van der Waals surface area contributed by atoms with E-state index in [4.69, 9.17) is 9.15 Å². The molecule has 0 saturated heterocycles. The van der Waals surface area contributed by atoms with Crippen molar-refractivity contribution in [3.05, 3.63) is 42.9 Å². The number of ether oxygens (including phenoxy) is 1. The number of benzene rings is 1. The third kappa shape index (κ3) is 1.43. The molecule has 1 aromatic heterocycles. The Morgan fingerprint density at radius 2 is 2.00 bits per heavy atom. The van der Waals surface area contributed by atoms with Crippen LogP contribution in [0.1, 0.15) is 0 Å². The molecule has 0 spiro atoms. The lowest BCUT2D eigenvalue weighted by atomic mass is 10.1. The number of rotatable bonds is 2. The van der Waals surface area contributed by atoms with Crippen molar-refractivity contribution in [3.8, 4) is 16.9 Å². The van der Waals surface area contributed by atoms with Gasteiger partial charge in [-0.05, 0) is 12.1 Å². The highest BCUT2D eigenvalue weighted by molar-refractivity contribution is 5.69. The molecule has 1 aromatic carbocycles. The number of hydrogen-bond acceptors (Lipinski definition) is 2. The van der Waals surface area contributed by atoms with Gasteiger partial charge in [-0.2, -0.15) is 0 Å². The molecule has 1 heterocycles. The predicted octanol–water partition coefficient (Wildman–Crippen LogP) is 2.96. The molecular weight excluding hydrogens is 164 g/mol. The fourth-order valence-electron chi connectivity index (χ4n) is 1.30. The summed E-state index contributed by atoms with van der Waals surface area (Å²) < 4.78 is 10.2. The van der Waals surface area contributed by atoms with Gasteiger partial charge in [-0.3, -0.25) is 0 Å². The van der Waals surface area contributed by atoms with E-state index < -0.39 is 0 Å². The van der Waals surface area contributed by atoms with Crippen LogP contribution in [-0.4, -0.2) is 7.11 Å². The first-order valence-corrected chi connectivity index (χ1v) is 4.07. The molecule has 2 rings (SSSR count). The molecule has 0 saturated carbocycles. The molecule has 0 unspecified atom stereocenters. The molecule has 0 fully saturated rings. The maximum atomic E-state index is 5.23. The summed E-state index contributed by atoms with van der Waals surface area (Å²) in [7, 11) is 1.67. The largest absolute Gasteiger partial charge is 0.496 e. The van der Waals surface area contributed by atoms with E-state index in [1.165, 1.54) is 0 Å². The molecule has 0 amide bonds. The average Bonchev–Trinajstić information content (AvgIpc) is 2.70. The summed E-state index contributed by atoms with van der Waals surface area (Å²) >= 11 is 0. The summed E-state index contributed by atoms with van der Waals surface area (Å²) in [5.74, 6) is 0.865. The topological polar surface area (TPSA) is 22.4 Å². The van der Waals surface area contributed by atoms with Crippen LogP contribution >= 0.6 is 0 Å². The van der Waals surface area contributed by atoms with Gasteiger partial charge in [0.05, 0.1) is 19.6 Å². The van der Waals surface area contributed by atoms with E-state index in [9.17, 15) is 0 Å². The standard InChI is InChI=1S/C11H10O2/c1-12-11-5-3-2-4-10(11)9-6-7-13-8-9/h2-8H,1H3. The van der Waals surface area contributed by atoms with E-state index in [1.807, 2.05) is 30.3 Å². The first-order chi connectivity index (χ1) is 6.42. The van der Waals surface area contributed by atoms with Crippen molar-refractivity contribution < 1.29 is 9.15 Å². The smallest absolute Gasteiger partial charge is 0.126 e. The Bertz CT molecular complexity index is 377. The maximum Gasteiger partial charge on any atom is 0.126 e. The third-order valence-corrected chi connectivity index (χ3v) is 1.94. The first-order valence-electron chi connectivity index (χ1n) is 4.07. The predicted molar refractivity (Wildman–Crippen MR) is 50.7 cm³/mol. The Morgan fingerprint density at radius 1 is 1.15 bits per heavy atom. The van der Waals surface area contributed by atoms with Crippen molar-refractivity contribution in [2.45, 2.75) is 0 Å². The normalized spacial score (nSPS) is 9.92. The van der Waals surface area contributed by atoms with Gasteiger partial charge in [0.1, 0.15) is 5.75 Å². The zero-order valence-corrected chi connectivity index (χ0v) is 7.36. The zero-order chi connectivity index (χ0) is 9.10. The Hall–Kier alpha value is -1.70. The van der Waals surface area contributed by atoms with Crippen molar-refractivity contribution in [3.63, 3.8) is 0 Å². The fourth-order valence-corrected chi connectivity index (χ4v) is 1.30. The van der Waals surface area contributed by atoms with Gasteiger partial charge < -0.3 is 9.15 Å². The Balaban J connectivity index is 2.51. The van der Waals surface area contributed by atoms with Gasteiger partial charge in [-0.1, -0.05) is 18.2 Å². The van der Waals surface area contributed by atoms with Crippen LogP contribution in [0.4, 0.5) is 0 Å². The van der Waals surface area contributed by atoms with Gasteiger partial charge in [-0.15, -0.1) is 0 Å². The molecule has 0 bridgehead atoms. The van der Waals surface area contributed by atoms with Crippen LogP contribution in [0.2, 0.25) is 0 Å². The SMILES string of the molecule is COc1ccccc1-c1ccoc1. The number of para-hydroxylation sites is 1. The minimum Gasteiger partial charge on any atom is -0.496 e. The van der Waals surface area contributed by atoms with Crippen LogP contribution in [0.5, 0.6) is 5.75 Å². The average molecular weight is 174 g/mol. The Kier molecular flexibility index (Phi) is 2.04. The highest BCUT2D eigenvalue weighted by atomic mass is 16.5. The molecule has 0 aliphatic heterocycles. The summed E-state index contributed by atoms with van der Waals surface area (Å²) in [6.45, 7) is 0. The van der Waals surface area contributed by atoms with Gasteiger partial charge >= 0.3 is 0 Å². The van der Waals surface area contributed by atoms with E-state index in [0.29, 0.717) is 0 Å². The van der Waals surface area contributed by atoms with Crippen molar-refractivity contribution in [1.82, 2.24) is 0 Å². The van der Waals surface area contributed by atoms with Gasteiger partial charge in [-0.25, -0.2) is 0 Å². The fraction of sp³-hybridized carbons (Fsp3) is 0.0909. The van der Waals surface area contributed by atoms with Crippen molar-refractivity contribution >= 4 is 0 Å². The number of furan rings is 1. The van der Waals surface area contributed by atoms with Crippen LogP contribution < -0.4 is 4.74 Å². The second-order valence-electron chi connectivity index (χ2n) is 2.71. The molecule has 2 aromatic rings. The molecule has 0 radical (unpaired) electrons. The van der Waals surface area contributed by atoms with Gasteiger partial charge in [0.2, 0.25) is 0 Å². The second kappa shape index (κ2) is 3.35. The lowest BCUT2D eigenvalue weighted by molar-refractivity contribution is 0.416. The lowest BCUT2D eigenvalue weighted by Crippen LogP contribution is -1.85. The summed E-state index contributed by atoms with van der Waals surface area (Å²) in [5.41, 5.74) is 2.09. The highest BCUT2D eigenvalue weighted by Gasteiger charge is 2.04. The van der Waals surface area contributed by atoms with Crippen LogP contribution in [0.3, 0.4) is 0 Å². The number of methoxy groups -OCH3 is 1. The molecule has 0 atom stereocenters. The molecule has 13 heavy (non-hydrogen) atoms. The molecule has 0 aliphatic carbocycles. The monoisotopic (exact) mass is 174 g/mol.